The molecule has 12 N–H and O–H groups in total. The SMILES string of the molecule is C=C[C@H]1[C@@H](O[C@@H]2O[C@H](CO)[C@@H](O)C(O)(O)[C@@H]2OC[NH2+]C)OC=C(C(=O)OC)[C@@]1(O)C=CC1C[NH+](CCO)CC(C(=O)[O-])C1NC(N)=NC. The van der Waals surface area contributed by atoms with Crippen LogP contribution in [0.3, 0.4) is 0 Å². The summed E-state index contributed by atoms with van der Waals surface area (Å²) < 4.78 is 27.6. The van der Waals surface area contributed by atoms with Crippen LogP contribution in [0.4, 0.5) is 0 Å². The van der Waals surface area contributed by atoms with E-state index < -0.39 is 90.2 Å². The molecule has 0 bridgehead atoms. The van der Waals surface area contributed by atoms with E-state index in [1.54, 1.807) is 7.05 Å². The molecule has 0 saturated carbocycles. The molecule has 3 heterocycles. The Hall–Kier alpha value is -3.21. The second-order valence-electron chi connectivity index (χ2n) is 11.7. The van der Waals surface area contributed by atoms with E-state index in [1.807, 2.05) is 0 Å². The Bertz CT molecular complexity index is 1220. The number of hydrogen-bond acceptors (Lipinski definition) is 15. The zero-order valence-electron chi connectivity index (χ0n) is 27.0. The maximum Gasteiger partial charge on any atom is 0.340 e. The molecule has 3 rings (SSSR count). The number of hydrogen-bond donors (Lipinski definition) is 10. The number of rotatable bonds is 14. The van der Waals surface area contributed by atoms with Crippen molar-refractivity contribution >= 4 is 17.9 Å². The van der Waals surface area contributed by atoms with Crippen LogP contribution in [0.2, 0.25) is 0 Å². The number of carbonyl (C=O) groups excluding carboxylic acids is 2. The molecule has 48 heavy (non-hydrogen) atoms. The van der Waals surface area contributed by atoms with Crippen LogP contribution >= 0.6 is 0 Å². The van der Waals surface area contributed by atoms with Crippen LogP contribution in [0, 0.1) is 17.8 Å². The lowest BCUT2D eigenvalue weighted by atomic mass is 9.76. The van der Waals surface area contributed by atoms with Crippen LogP contribution in [-0.4, -0.2) is 158 Å². The molecule has 0 radical (unpaired) electrons. The molecule has 0 aromatic carbocycles. The van der Waals surface area contributed by atoms with Crippen molar-refractivity contribution in [3.8, 4) is 0 Å². The van der Waals surface area contributed by atoms with Gasteiger partial charge in [0.2, 0.25) is 12.1 Å². The summed E-state index contributed by atoms with van der Waals surface area (Å²) in [5, 5.41) is 80.2. The number of aliphatic hydroxyl groups excluding tert-OH is 3. The topological polar surface area (TPSA) is 296 Å². The van der Waals surface area contributed by atoms with E-state index in [4.69, 9.17) is 29.4 Å². The van der Waals surface area contributed by atoms with Gasteiger partial charge in [-0.25, -0.2) is 4.79 Å². The van der Waals surface area contributed by atoms with Gasteiger partial charge in [-0.3, -0.25) is 4.99 Å². The summed E-state index contributed by atoms with van der Waals surface area (Å²) in [7, 11) is 4.12. The number of aliphatic carboxylic acids is 1. The van der Waals surface area contributed by atoms with Gasteiger partial charge in [0.15, 0.2) is 25.1 Å². The fourth-order valence-electron chi connectivity index (χ4n) is 6.14. The summed E-state index contributed by atoms with van der Waals surface area (Å²) in [6.07, 6.45) is -3.75. The van der Waals surface area contributed by atoms with Gasteiger partial charge in [0.25, 0.3) is 0 Å². The van der Waals surface area contributed by atoms with E-state index in [-0.39, 0.29) is 38.9 Å². The number of aliphatic hydroxyl groups is 6. The van der Waals surface area contributed by atoms with Crippen molar-refractivity contribution in [2.75, 3.05) is 60.8 Å². The Labute approximate surface area is 276 Å². The maximum absolute atomic E-state index is 12.9. The molecule has 3 aliphatic heterocycles. The fraction of sp³-hybridized carbons (Fsp3) is 0.690. The largest absolute Gasteiger partial charge is 0.550 e. The molecule has 0 aliphatic carbocycles. The monoisotopic (exact) mass is 690 g/mol. The number of nitrogens with one attached hydrogen (secondary N) is 2. The number of nitrogens with two attached hydrogens (primary N) is 2. The van der Waals surface area contributed by atoms with Crippen molar-refractivity contribution in [1.82, 2.24) is 5.32 Å². The van der Waals surface area contributed by atoms with Gasteiger partial charge in [-0.2, -0.15) is 0 Å². The summed E-state index contributed by atoms with van der Waals surface area (Å²) >= 11 is 0. The van der Waals surface area contributed by atoms with E-state index in [2.05, 4.69) is 16.9 Å². The van der Waals surface area contributed by atoms with E-state index >= 15 is 0 Å². The molecule has 0 aromatic rings. The molecule has 0 aromatic heterocycles. The minimum atomic E-state index is -2.97. The van der Waals surface area contributed by atoms with E-state index in [1.165, 1.54) is 30.6 Å². The number of quaternary nitrogens is 2. The molecule has 3 aliphatic rings. The van der Waals surface area contributed by atoms with Crippen molar-refractivity contribution < 1.29 is 79.2 Å². The first-order valence-corrected chi connectivity index (χ1v) is 15.3. The molecule has 0 amide bonds. The standard InChI is InChI=1S/C29H47N5O14/c1-5-17-25(48-26-22(46-14-31-2)29(42,43)21(37)19(12-36)47-26)45-13-18(24(40)44-4)28(17,41)7-6-15-10-34(8-9-35)11-16(23(38)39)20(15)33-27(30)32-3/h5-7,13,15-17,19-22,25-26,31,35-37,41-43H,1,8-12,14H2,2-4H3,(H,38,39)(H3,30,32,33)/p+1/t15?,16?,17-,19+,20?,21+,22+,25+,26-,28+/m0/s1. The first kappa shape index (κ1) is 39.2. The van der Waals surface area contributed by atoms with Gasteiger partial charge in [-0.15, -0.1) is 6.58 Å². The highest BCUT2D eigenvalue weighted by Gasteiger charge is 2.58. The number of nitrogens with zero attached hydrogens (tertiary/aromatic N) is 1. The van der Waals surface area contributed by atoms with Crippen LogP contribution in [0.15, 0.2) is 41.6 Å². The summed E-state index contributed by atoms with van der Waals surface area (Å²) in [5.74, 6) is -8.53. The average Bonchev–Trinajstić information content (AvgIpc) is 3.05. The van der Waals surface area contributed by atoms with Crippen molar-refractivity contribution in [3.05, 3.63) is 36.6 Å². The lowest BCUT2D eigenvalue weighted by molar-refractivity contribution is -0.911. The zero-order valence-corrected chi connectivity index (χ0v) is 27.0. The van der Waals surface area contributed by atoms with Gasteiger partial charge in [0.1, 0.15) is 36.2 Å². The third-order valence-electron chi connectivity index (χ3n) is 8.71. The number of esters is 1. The summed E-state index contributed by atoms with van der Waals surface area (Å²) in [4.78, 5) is 29.7. The van der Waals surface area contributed by atoms with Crippen molar-refractivity contribution in [2.24, 2.45) is 28.5 Å². The van der Waals surface area contributed by atoms with Crippen molar-refractivity contribution in [2.45, 2.75) is 48.3 Å². The summed E-state index contributed by atoms with van der Waals surface area (Å²) in [6, 6.07) is -0.881. The minimum Gasteiger partial charge on any atom is -0.550 e. The predicted octanol–water partition coefficient (Wildman–Crippen LogP) is -8.42. The van der Waals surface area contributed by atoms with Crippen LogP contribution in [0.5, 0.6) is 0 Å². The van der Waals surface area contributed by atoms with Gasteiger partial charge in [0, 0.05) is 13.0 Å². The summed E-state index contributed by atoms with van der Waals surface area (Å²) in [6.45, 7) is 3.15. The minimum absolute atomic E-state index is 0.0484. The average molecular weight is 691 g/mol. The molecular formula is C29H48N5O14+. The molecule has 4 unspecified atom stereocenters. The Morgan fingerprint density at radius 1 is 1.29 bits per heavy atom. The normalized spacial score (nSPS) is 36.9. The maximum atomic E-state index is 12.9. The Morgan fingerprint density at radius 3 is 2.56 bits per heavy atom. The number of carboxylic acids is 1. The van der Waals surface area contributed by atoms with E-state index in [9.17, 15) is 45.3 Å². The van der Waals surface area contributed by atoms with Gasteiger partial charge in [-0.1, -0.05) is 18.2 Å². The Kier molecular flexibility index (Phi) is 13.8. The highest BCUT2D eigenvalue weighted by atomic mass is 16.8. The highest BCUT2D eigenvalue weighted by molar-refractivity contribution is 5.91. The van der Waals surface area contributed by atoms with E-state index in [0.29, 0.717) is 0 Å². The molecule has 2 fully saturated rings. The highest BCUT2D eigenvalue weighted by Crippen LogP contribution is 2.40. The number of carbonyl (C=O) groups is 2. The summed E-state index contributed by atoms with van der Waals surface area (Å²) in [5.41, 5.74) is 3.21. The van der Waals surface area contributed by atoms with Crippen molar-refractivity contribution in [3.63, 3.8) is 0 Å². The Morgan fingerprint density at radius 2 is 2.00 bits per heavy atom. The molecule has 2 saturated heterocycles. The van der Waals surface area contributed by atoms with Gasteiger partial charge >= 0.3 is 5.97 Å². The second-order valence-corrected chi connectivity index (χ2v) is 11.7. The van der Waals surface area contributed by atoms with Gasteiger partial charge < -0.3 is 85.5 Å². The smallest absolute Gasteiger partial charge is 0.340 e. The van der Waals surface area contributed by atoms with Gasteiger partial charge in [-0.05, 0) is 0 Å². The number of piperidine rings is 1. The van der Waals surface area contributed by atoms with Crippen molar-refractivity contribution in [1.29, 1.82) is 0 Å². The molecule has 272 valence electrons. The number of guanidine groups is 1. The quantitative estimate of drug-likeness (QED) is 0.0266. The predicted molar refractivity (Wildman–Crippen MR) is 159 cm³/mol. The zero-order chi connectivity index (χ0) is 35.8. The molecular weight excluding hydrogens is 642 g/mol. The molecule has 0 spiro atoms. The third kappa shape index (κ3) is 8.32. The van der Waals surface area contributed by atoms with Crippen LogP contribution in [0.1, 0.15) is 0 Å². The number of ether oxygens (including phenoxy) is 5. The fourth-order valence-corrected chi connectivity index (χ4v) is 6.14. The molecule has 19 heteroatoms. The second kappa shape index (κ2) is 16.9. The molecule has 11 atom stereocenters. The lowest BCUT2D eigenvalue weighted by Gasteiger charge is -2.48. The number of methoxy groups -OCH3 is 1. The van der Waals surface area contributed by atoms with Crippen LogP contribution in [-0.2, 0) is 33.3 Å². The van der Waals surface area contributed by atoms with Crippen LogP contribution < -0.4 is 26.4 Å². The first-order chi connectivity index (χ1) is 22.7. The number of carboxylic acid groups (broad SMARTS) is 1. The van der Waals surface area contributed by atoms with E-state index in [0.717, 1.165) is 18.3 Å². The number of aliphatic imine (C=N–C) groups is 1. The third-order valence-corrected chi connectivity index (χ3v) is 8.71. The Balaban J connectivity index is 2.06. The first-order valence-electron chi connectivity index (χ1n) is 15.3. The molecule has 19 nitrogen and oxygen atoms in total. The lowest BCUT2D eigenvalue weighted by Crippen LogP contribution is -3.16. The van der Waals surface area contributed by atoms with Gasteiger partial charge in [0.05, 0.1) is 64.3 Å². The number of likely N-dealkylation sites (tertiary alicyclic amines) is 1. The van der Waals surface area contributed by atoms with Crippen LogP contribution in [0.25, 0.3) is 0 Å².